The lowest BCUT2D eigenvalue weighted by Crippen LogP contribution is -2.11. The fraction of sp³-hybridized carbons (Fsp3) is 0.421. The van der Waals surface area contributed by atoms with Crippen LogP contribution in [0.15, 0.2) is 30.6 Å². The number of methoxy groups -OCH3 is 1. The first kappa shape index (κ1) is 17.7. The molecule has 1 aromatic carbocycles. The summed E-state index contributed by atoms with van der Waals surface area (Å²) < 4.78 is 11.0. The Balaban J connectivity index is 2.17. The van der Waals surface area contributed by atoms with E-state index >= 15 is 0 Å². The molecule has 2 aromatic rings. The van der Waals surface area contributed by atoms with Gasteiger partial charge in [-0.15, -0.1) is 0 Å². The SMILES string of the molecule is COc1cc(-c2ccc(OC[C@H](C)CC(C)C)c(C#N)c2)ncn1. The molecular weight excluding hydrogens is 302 g/mol. The van der Waals surface area contributed by atoms with Crippen molar-refractivity contribution in [2.45, 2.75) is 27.2 Å². The van der Waals surface area contributed by atoms with Crippen molar-refractivity contribution in [2.24, 2.45) is 11.8 Å². The molecule has 5 nitrogen and oxygen atoms in total. The first-order valence-electron chi connectivity index (χ1n) is 8.06. The number of nitrogens with zero attached hydrogens (tertiary/aromatic N) is 3. The third-order valence-electron chi connectivity index (χ3n) is 3.64. The molecule has 0 spiro atoms. The quantitative estimate of drug-likeness (QED) is 0.767. The Bertz CT molecular complexity index is 723. The second-order valence-electron chi connectivity index (χ2n) is 6.31. The van der Waals surface area contributed by atoms with Crippen LogP contribution in [0.2, 0.25) is 0 Å². The molecule has 0 bridgehead atoms. The van der Waals surface area contributed by atoms with Gasteiger partial charge in [0.1, 0.15) is 18.1 Å². The summed E-state index contributed by atoms with van der Waals surface area (Å²) in [4.78, 5) is 8.22. The maximum absolute atomic E-state index is 9.41. The van der Waals surface area contributed by atoms with Crippen LogP contribution in [0.1, 0.15) is 32.8 Å². The molecule has 0 N–H and O–H groups in total. The van der Waals surface area contributed by atoms with Crippen molar-refractivity contribution in [1.29, 1.82) is 5.26 Å². The van der Waals surface area contributed by atoms with E-state index in [1.807, 2.05) is 12.1 Å². The Kier molecular flexibility index (Phi) is 6.14. The molecule has 0 radical (unpaired) electrons. The molecule has 1 heterocycles. The average molecular weight is 325 g/mol. The Morgan fingerprint density at radius 3 is 2.62 bits per heavy atom. The van der Waals surface area contributed by atoms with E-state index in [4.69, 9.17) is 9.47 Å². The molecule has 5 heteroatoms. The first-order chi connectivity index (χ1) is 11.5. The third kappa shape index (κ3) is 4.69. The van der Waals surface area contributed by atoms with Gasteiger partial charge in [0.25, 0.3) is 0 Å². The summed E-state index contributed by atoms with van der Waals surface area (Å²) in [7, 11) is 1.56. The number of benzene rings is 1. The van der Waals surface area contributed by atoms with E-state index in [-0.39, 0.29) is 0 Å². The van der Waals surface area contributed by atoms with Gasteiger partial charge in [0, 0.05) is 11.6 Å². The van der Waals surface area contributed by atoms with Crippen molar-refractivity contribution in [1.82, 2.24) is 9.97 Å². The Morgan fingerprint density at radius 2 is 1.96 bits per heavy atom. The minimum atomic E-state index is 0.447. The summed E-state index contributed by atoms with van der Waals surface area (Å²) in [6.45, 7) is 7.16. The molecule has 0 amide bonds. The number of aromatic nitrogens is 2. The number of hydrogen-bond acceptors (Lipinski definition) is 5. The minimum absolute atomic E-state index is 0.447. The molecule has 1 atom stereocenters. The first-order valence-corrected chi connectivity index (χ1v) is 8.06. The Labute approximate surface area is 143 Å². The van der Waals surface area contributed by atoms with Gasteiger partial charge in [-0.2, -0.15) is 5.26 Å². The molecule has 0 aliphatic rings. The maximum atomic E-state index is 9.41. The molecule has 126 valence electrons. The Morgan fingerprint density at radius 1 is 1.17 bits per heavy atom. The van der Waals surface area contributed by atoms with Crippen LogP contribution in [0.4, 0.5) is 0 Å². The van der Waals surface area contributed by atoms with E-state index < -0.39 is 0 Å². The second-order valence-corrected chi connectivity index (χ2v) is 6.31. The summed E-state index contributed by atoms with van der Waals surface area (Å²) in [6.07, 6.45) is 2.54. The van der Waals surface area contributed by atoms with E-state index in [1.54, 1.807) is 19.2 Å². The lowest BCUT2D eigenvalue weighted by atomic mass is 10.00. The maximum Gasteiger partial charge on any atom is 0.216 e. The van der Waals surface area contributed by atoms with Gasteiger partial charge in [0.05, 0.1) is 25.0 Å². The lowest BCUT2D eigenvalue weighted by Gasteiger charge is -2.16. The number of hydrogen-bond donors (Lipinski definition) is 0. The highest BCUT2D eigenvalue weighted by Gasteiger charge is 2.11. The number of nitriles is 1. The van der Waals surface area contributed by atoms with Crippen LogP contribution in [-0.2, 0) is 0 Å². The van der Waals surface area contributed by atoms with E-state index in [0.29, 0.717) is 41.3 Å². The molecule has 0 saturated carbocycles. The summed E-state index contributed by atoms with van der Waals surface area (Å²) in [6, 6.07) is 9.44. The zero-order valence-electron chi connectivity index (χ0n) is 14.6. The van der Waals surface area contributed by atoms with E-state index in [9.17, 15) is 5.26 Å². The molecule has 0 fully saturated rings. The summed E-state index contributed by atoms with van der Waals surface area (Å²) >= 11 is 0. The van der Waals surface area contributed by atoms with Crippen LogP contribution in [0, 0.1) is 23.2 Å². The van der Waals surface area contributed by atoms with Crippen molar-refractivity contribution < 1.29 is 9.47 Å². The highest BCUT2D eigenvalue weighted by Crippen LogP contribution is 2.27. The Hall–Kier alpha value is -2.61. The van der Waals surface area contributed by atoms with Crippen molar-refractivity contribution in [3.05, 3.63) is 36.2 Å². The summed E-state index contributed by atoms with van der Waals surface area (Å²) in [5.74, 6) is 2.18. The van der Waals surface area contributed by atoms with Crippen molar-refractivity contribution in [3.63, 3.8) is 0 Å². The van der Waals surface area contributed by atoms with Crippen LogP contribution in [0.25, 0.3) is 11.3 Å². The molecule has 2 rings (SSSR count). The lowest BCUT2D eigenvalue weighted by molar-refractivity contribution is 0.238. The fourth-order valence-electron chi connectivity index (χ4n) is 2.62. The number of ether oxygens (including phenoxy) is 2. The van der Waals surface area contributed by atoms with Gasteiger partial charge in [0.2, 0.25) is 5.88 Å². The summed E-state index contributed by atoms with van der Waals surface area (Å²) in [5.41, 5.74) is 2.04. The van der Waals surface area contributed by atoms with E-state index in [2.05, 4.69) is 36.8 Å². The van der Waals surface area contributed by atoms with Crippen molar-refractivity contribution in [2.75, 3.05) is 13.7 Å². The van der Waals surface area contributed by atoms with Gasteiger partial charge in [-0.1, -0.05) is 20.8 Å². The van der Waals surface area contributed by atoms with Crippen LogP contribution in [0.3, 0.4) is 0 Å². The highest BCUT2D eigenvalue weighted by atomic mass is 16.5. The predicted molar refractivity (Wildman–Crippen MR) is 92.8 cm³/mol. The molecule has 0 aliphatic heterocycles. The van der Waals surface area contributed by atoms with Gasteiger partial charge < -0.3 is 9.47 Å². The zero-order valence-corrected chi connectivity index (χ0v) is 14.6. The largest absolute Gasteiger partial charge is 0.492 e. The zero-order chi connectivity index (χ0) is 17.5. The average Bonchev–Trinajstić information content (AvgIpc) is 2.59. The fourth-order valence-corrected chi connectivity index (χ4v) is 2.62. The summed E-state index contributed by atoms with van der Waals surface area (Å²) in [5, 5.41) is 9.41. The molecule has 24 heavy (non-hydrogen) atoms. The van der Waals surface area contributed by atoms with Crippen LogP contribution < -0.4 is 9.47 Å². The molecule has 0 aliphatic carbocycles. The smallest absolute Gasteiger partial charge is 0.216 e. The van der Waals surface area contributed by atoms with E-state index in [1.165, 1.54) is 6.33 Å². The standard InChI is InChI=1S/C19H23N3O2/c1-13(2)7-14(3)11-24-18-6-5-15(8-16(18)10-20)17-9-19(23-4)22-12-21-17/h5-6,8-9,12-14H,7,11H2,1-4H3/t14-/m1/s1. The van der Waals surface area contributed by atoms with E-state index in [0.717, 1.165) is 12.0 Å². The second kappa shape index (κ2) is 8.30. The van der Waals surface area contributed by atoms with Gasteiger partial charge in [-0.05, 0) is 36.5 Å². The minimum Gasteiger partial charge on any atom is -0.492 e. The van der Waals surface area contributed by atoms with Crippen molar-refractivity contribution in [3.8, 4) is 29.0 Å². The molecule has 0 unspecified atom stereocenters. The van der Waals surface area contributed by atoms with Gasteiger partial charge in [0.15, 0.2) is 0 Å². The van der Waals surface area contributed by atoms with Crippen LogP contribution in [0.5, 0.6) is 11.6 Å². The third-order valence-corrected chi connectivity index (χ3v) is 3.64. The topological polar surface area (TPSA) is 68.0 Å². The number of rotatable bonds is 7. The highest BCUT2D eigenvalue weighted by molar-refractivity contribution is 5.64. The monoisotopic (exact) mass is 325 g/mol. The molecule has 0 saturated heterocycles. The van der Waals surface area contributed by atoms with Gasteiger partial charge >= 0.3 is 0 Å². The van der Waals surface area contributed by atoms with Crippen molar-refractivity contribution >= 4 is 0 Å². The van der Waals surface area contributed by atoms with Gasteiger partial charge in [-0.3, -0.25) is 0 Å². The van der Waals surface area contributed by atoms with Crippen LogP contribution in [-0.4, -0.2) is 23.7 Å². The predicted octanol–water partition coefficient (Wildman–Crippen LogP) is 4.08. The molecule has 1 aromatic heterocycles. The van der Waals surface area contributed by atoms with Gasteiger partial charge in [-0.25, -0.2) is 9.97 Å². The van der Waals surface area contributed by atoms with Crippen LogP contribution >= 0.6 is 0 Å². The molecular formula is C19H23N3O2. The normalized spacial score (nSPS) is 11.8.